The number of hydrogen-bond donors (Lipinski definition) is 2. The minimum Gasteiger partial charge on any atom is -0.365 e. The van der Waals surface area contributed by atoms with E-state index in [1.807, 2.05) is 6.92 Å². The Morgan fingerprint density at radius 3 is 2.75 bits per heavy atom. The highest BCUT2D eigenvalue weighted by atomic mass is 16.2. The molecule has 5 heteroatoms. The Labute approximate surface area is 91.7 Å². The van der Waals surface area contributed by atoms with Crippen molar-refractivity contribution in [1.82, 2.24) is 4.98 Å². The fourth-order valence-corrected chi connectivity index (χ4v) is 2.01. The van der Waals surface area contributed by atoms with Crippen LogP contribution in [0.1, 0.15) is 39.8 Å². The van der Waals surface area contributed by atoms with E-state index in [1.165, 1.54) is 6.07 Å². The monoisotopic (exact) mass is 220 g/mol. The van der Waals surface area contributed by atoms with Crippen LogP contribution in [0.5, 0.6) is 0 Å². The number of primary amides is 1. The van der Waals surface area contributed by atoms with Gasteiger partial charge in [-0.15, -0.1) is 0 Å². The molecule has 1 amide bonds. The molecule has 1 heterocycles. The Morgan fingerprint density at radius 1 is 1.44 bits per heavy atom. The van der Waals surface area contributed by atoms with Gasteiger partial charge in [0.2, 0.25) is 0 Å². The minimum atomic E-state index is -0.810. The molecule has 2 rings (SSSR count). The summed E-state index contributed by atoms with van der Waals surface area (Å²) in [4.78, 5) is 36.7. The molecule has 16 heavy (non-hydrogen) atoms. The van der Waals surface area contributed by atoms with Crippen LogP contribution >= 0.6 is 0 Å². The lowest BCUT2D eigenvalue weighted by Crippen LogP contribution is -2.29. The van der Waals surface area contributed by atoms with Crippen molar-refractivity contribution in [3.8, 4) is 0 Å². The average Bonchev–Trinajstić information content (AvgIpc) is 2.15. The molecule has 0 unspecified atom stereocenters. The van der Waals surface area contributed by atoms with E-state index in [0.29, 0.717) is 24.1 Å². The molecule has 5 nitrogen and oxygen atoms in total. The average molecular weight is 220 g/mol. The summed E-state index contributed by atoms with van der Waals surface area (Å²) in [6, 6.07) is 1.31. The van der Waals surface area contributed by atoms with Gasteiger partial charge in [-0.2, -0.15) is 0 Å². The molecule has 0 aromatic carbocycles. The quantitative estimate of drug-likeness (QED) is 0.709. The predicted molar refractivity (Wildman–Crippen MR) is 57.4 cm³/mol. The number of carbonyl (C=O) groups is 2. The summed E-state index contributed by atoms with van der Waals surface area (Å²) in [7, 11) is 0. The molecule has 3 N–H and O–H groups in total. The first kappa shape index (κ1) is 10.6. The van der Waals surface area contributed by atoms with Crippen LogP contribution in [0.4, 0.5) is 0 Å². The van der Waals surface area contributed by atoms with Crippen molar-refractivity contribution >= 4 is 11.7 Å². The van der Waals surface area contributed by atoms with Gasteiger partial charge in [0.15, 0.2) is 5.78 Å². The second-order valence-corrected chi connectivity index (χ2v) is 4.21. The standard InChI is InChI=1S/C11H12N2O3/c1-5-2-8-6(9(14)3-5)4-7(10(12)15)11(16)13-8/h4-5H,2-3H2,1H3,(H2,12,15)(H,13,16)/t5-/m1/s1. The maximum atomic E-state index is 11.7. The summed E-state index contributed by atoms with van der Waals surface area (Å²) in [5.74, 6) is -0.641. The summed E-state index contributed by atoms with van der Waals surface area (Å²) >= 11 is 0. The molecule has 1 aliphatic rings. The van der Waals surface area contributed by atoms with Crippen molar-refractivity contribution in [1.29, 1.82) is 0 Å². The molecule has 0 saturated carbocycles. The zero-order chi connectivity index (χ0) is 11.9. The van der Waals surface area contributed by atoms with E-state index >= 15 is 0 Å². The molecule has 0 bridgehead atoms. The first-order valence-electron chi connectivity index (χ1n) is 5.08. The van der Waals surface area contributed by atoms with Crippen LogP contribution in [-0.4, -0.2) is 16.7 Å². The lowest BCUT2D eigenvalue weighted by atomic mass is 9.86. The lowest BCUT2D eigenvalue weighted by molar-refractivity contribution is 0.0952. The molecule has 0 saturated heterocycles. The van der Waals surface area contributed by atoms with Gasteiger partial charge in [-0.25, -0.2) is 0 Å². The van der Waals surface area contributed by atoms with Crippen molar-refractivity contribution in [3.05, 3.63) is 33.2 Å². The molecule has 1 aliphatic carbocycles. The first-order valence-corrected chi connectivity index (χ1v) is 5.08. The van der Waals surface area contributed by atoms with Crippen molar-refractivity contribution in [3.63, 3.8) is 0 Å². The third-order valence-electron chi connectivity index (χ3n) is 2.78. The van der Waals surface area contributed by atoms with Gasteiger partial charge in [0, 0.05) is 17.7 Å². The molecule has 0 aliphatic heterocycles. The van der Waals surface area contributed by atoms with Gasteiger partial charge in [0.25, 0.3) is 11.5 Å². The normalized spacial score (nSPS) is 19.3. The van der Waals surface area contributed by atoms with Crippen LogP contribution in [-0.2, 0) is 6.42 Å². The number of Topliss-reactive ketones (excluding diaryl/α,β-unsaturated/α-hetero) is 1. The van der Waals surface area contributed by atoms with Crippen LogP contribution < -0.4 is 11.3 Å². The van der Waals surface area contributed by atoms with Crippen molar-refractivity contribution in [2.45, 2.75) is 19.8 Å². The number of aromatic nitrogens is 1. The number of nitrogens with one attached hydrogen (secondary N) is 1. The van der Waals surface area contributed by atoms with Gasteiger partial charge in [-0.05, 0) is 18.4 Å². The molecule has 0 spiro atoms. The number of ketones is 1. The van der Waals surface area contributed by atoms with Gasteiger partial charge >= 0.3 is 0 Å². The molecule has 0 fully saturated rings. The van der Waals surface area contributed by atoms with E-state index in [1.54, 1.807) is 0 Å². The Bertz CT molecular complexity index is 531. The van der Waals surface area contributed by atoms with Gasteiger partial charge < -0.3 is 10.7 Å². The second kappa shape index (κ2) is 3.59. The Kier molecular flexibility index (Phi) is 2.38. The SMILES string of the molecule is C[C@H]1CC(=O)c2cc(C(N)=O)c(=O)[nH]c2C1. The lowest BCUT2D eigenvalue weighted by Gasteiger charge is -2.19. The maximum absolute atomic E-state index is 11.7. The summed E-state index contributed by atoms with van der Waals surface area (Å²) < 4.78 is 0. The van der Waals surface area contributed by atoms with Crippen LogP contribution in [0.15, 0.2) is 10.9 Å². The number of aromatic amines is 1. The maximum Gasteiger partial charge on any atom is 0.261 e. The van der Waals surface area contributed by atoms with Gasteiger partial charge in [-0.1, -0.05) is 6.92 Å². The van der Waals surface area contributed by atoms with Crippen molar-refractivity contribution in [2.24, 2.45) is 11.7 Å². The molecule has 84 valence electrons. The number of hydrogen-bond acceptors (Lipinski definition) is 3. The highest BCUT2D eigenvalue weighted by molar-refractivity contribution is 6.01. The molecular weight excluding hydrogens is 208 g/mol. The highest BCUT2D eigenvalue weighted by Crippen LogP contribution is 2.23. The van der Waals surface area contributed by atoms with Crippen LogP contribution in [0.3, 0.4) is 0 Å². The van der Waals surface area contributed by atoms with Crippen molar-refractivity contribution < 1.29 is 9.59 Å². The third kappa shape index (κ3) is 1.64. The zero-order valence-corrected chi connectivity index (χ0v) is 8.87. The Hall–Kier alpha value is -1.91. The van der Waals surface area contributed by atoms with E-state index in [4.69, 9.17) is 5.73 Å². The number of rotatable bonds is 1. The molecule has 1 aromatic rings. The second-order valence-electron chi connectivity index (χ2n) is 4.21. The van der Waals surface area contributed by atoms with Crippen LogP contribution in [0, 0.1) is 5.92 Å². The summed E-state index contributed by atoms with van der Waals surface area (Å²) in [6.07, 6.45) is 1.09. The number of fused-ring (bicyclic) bond motifs is 1. The van der Waals surface area contributed by atoms with Gasteiger partial charge in [-0.3, -0.25) is 14.4 Å². The first-order chi connectivity index (χ1) is 7.49. The minimum absolute atomic E-state index is 0.0486. The smallest absolute Gasteiger partial charge is 0.261 e. The number of nitrogens with two attached hydrogens (primary N) is 1. The number of pyridine rings is 1. The molecule has 1 aromatic heterocycles. The van der Waals surface area contributed by atoms with E-state index in [9.17, 15) is 14.4 Å². The van der Waals surface area contributed by atoms with Gasteiger partial charge in [0.1, 0.15) is 5.56 Å². The summed E-state index contributed by atoms with van der Waals surface area (Å²) in [5, 5.41) is 0. The molecule has 1 atom stereocenters. The largest absolute Gasteiger partial charge is 0.365 e. The van der Waals surface area contributed by atoms with E-state index < -0.39 is 11.5 Å². The summed E-state index contributed by atoms with van der Waals surface area (Å²) in [6.45, 7) is 1.95. The van der Waals surface area contributed by atoms with Crippen molar-refractivity contribution in [2.75, 3.05) is 0 Å². The van der Waals surface area contributed by atoms with E-state index in [2.05, 4.69) is 4.98 Å². The number of amides is 1. The van der Waals surface area contributed by atoms with E-state index in [0.717, 1.165) is 0 Å². The molecule has 0 radical (unpaired) electrons. The fourth-order valence-electron chi connectivity index (χ4n) is 2.01. The predicted octanol–water partition coefficient (Wildman–Crippen LogP) is 0.239. The molecular formula is C11H12N2O3. The highest BCUT2D eigenvalue weighted by Gasteiger charge is 2.24. The Balaban J connectivity index is 2.62. The van der Waals surface area contributed by atoms with E-state index in [-0.39, 0.29) is 17.3 Å². The third-order valence-corrected chi connectivity index (χ3v) is 2.78. The fraction of sp³-hybridized carbons (Fsp3) is 0.364. The summed E-state index contributed by atoms with van der Waals surface area (Å²) in [5.41, 5.74) is 5.41. The Morgan fingerprint density at radius 2 is 2.12 bits per heavy atom. The topological polar surface area (TPSA) is 93.0 Å². The van der Waals surface area contributed by atoms with Crippen LogP contribution in [0.25, 0.3) is 0 Å². The zero-order valence-electron chi connectivity index (χ0n) is 8.87. The number of H-pyrrole nitrogens is 1. The van der Waals surface area contributed by atoms with Gasteiger partial charge in [0.05, 0.1) is 0 Å². The number of carbonyl (C=O) groups excluding carboxylic acids is 2. The van der Waals surface area contributed by atoms with Crippen LogP contribution in [0.2, 0.25) is 0 Å².